The van der Waals surface area contributed by atoms with Gasteiger partial charge in [-0.25, -0.2) is 0 Å². The van der Waals surface area contributed by atoms with Gasteiger partial charge in [-0.3, -0.25) is 0 Å². The summed E-state index contributed by atoms with van der Waals surface area (Å²) in [4.78, 5) is 0. The molecular formula is C7H6B2. The Morgan fingerprint density at radius 3 is 2.89 bits per heavy atom. The van der Waals surface area contributed by atoms with Gasteiger partial charge in [-0.1, -0.05) is 11.9 Å². The van der Waals surface area contributed by atoms with E-state index in [4.69, 9.17) is 15.7 Å². The van der Waals surface area contributed by atoms with E-state index in [0.717, 1.165) is 17.5 Å². The van der Waals surface area contributed by atoms with Crippen LogP contribution in [-0.2, 0) is 0 Å². The molecule has 0 fully saturated rings. The quantitative estimate of drug-likeness (QED) is 0.352. The second-order valence-electron chi connectivity index (χ2n) is 1.97. The third-order valence-electron chi connectivity index (χ3n) is 1.33. The molecule has 0 aromatic heterocycles. The van der Waals surface area contributed by atoms with E-state index in [-0.39, 0.29) is 0 Å². The van der Waals surface area contributed by atoms with Crippen molar-refractivity contribution in [2.45, 2.75) is 12.7 Å². The van der Waals surface area contributed by atoms with Crippen LogP contribution < -0.4 is 0 Å². The lowest BCUT2D eigenvalue weighted by molar-refractivity contribution is 1.27. The van der Waals surface area contributed by atoms with Crippen LogP contribution in [0.4, 0.5) is 0 Å². The minimum Gasteiger partial charge on any atom is -0.125 e. The maximum absolute atomic E-state index is 5.59. The van der Waals surface area contributed by atoms with Gasteiger partial charge in [0.2, 0.25) is 0 Å². The lowest BCUT2D eigenvalue weighted by Crippen LogP contribution is -1.90. The van der Waals surface area contributed by atoms with E-state index in [1.54, 1.807) is 0 Å². The molecule has 0 aromatic carbocycles. The van der Waals surface area contributed by atoms with E-state index in [9.17, 15) is 0 Å². The van der Waals surface area contributed by atoms with Gasteiger partial charge < -0.3 is 0 Å². The summed E-state index contributed by atoms with van der Waals surface area (Å²) in [6.07, 6.45) is 5.04. The maximum Gasteiger partial charge on any atom is 0.108 e. The van der Waals surface area contributed by atoms with Crippen LogP contribution >= 0.6 is 0 Å². The highest BCUT2D eigenvalue weighted by molar-refractivity contribution is 6.23. The van der Waals surface area contributed by atoms with E-state index in [0.29, 0.717) is 6.32 Å². The van der Waals surface area contributed by atoms with Crippen LogP contribution in [-0.4, -0.2) is 15.7 Å². The zero-order valence-electron chi connectivity index (χ0n) is 5.22. The molecule has 1 rings (SSSR count). The Balaban J connectivity index is 2.86. The second kappa shape index (κ2) is 2.80. The fourth-order valence-electron chi connectivity index (χ4n) is 0.742. The fraction of sp³-hybridized carbons (Fsp3) is 0.286. The molecule has 1 aliphatic carbocycles. The van der Waals surface area contributed by atoms with Crippen molar-refractivity contribution in [1.82, 2.24) is 0 Å². The summed E-state index contributed by atoms with van der Waals surface area (Å²) >= 11 is 0. The minimum absolute atomic E-state index is 0.521. The Labute approximate surface area is 58.2 Å². The molecule has 0 saturated carbocycles. The Kier molecular flexibility index (Phi) is 2.02. The molecule has 0 amide bonds. The third-order valence-corrected chi connectivity index (χ3v) is 1.33. The molecule has 4 radical (unpaired) electrons. The van der Waals surface area contributed by atoms with Gasteiger partial charge in [-0.15, -0.1) is 11.2 Å². The van der Waals surface area contributed by atoms with E-state index >= 15 is 0 Å². The van der Waals surface area contributed by atoms with Crippen molar-refractivity contribution in [2.75, 3.05) is 0 Å². The van der Waals surface area contributed by atoms with Crippen LogP contribution in [0.2, 0.25) is 6.32 Å². The Bertz CT molecular complexity index is 195. The van der Waals surface area contributed by atoms with E-state index in [1.165, 1.54) is 0 Å². The van der Waals surface area contributed by atoms with Crippen molar-refractivity contribution in [3.05, 3.63) is 28.9 Å². The zero-order chi connectivity index (χ0) is 6.69. The van der Waals surface area contributed by atoms with Crippen LogP contribution in [0.5, 0.6) is 0 Å². The van der Waals surface area contributed by atoms with Crippen LogP contribution in [0.25, 0.3) is 0 Å². The predicted molar refractivity (Wildman–Crippen MR) is 40.6 cm³/mol. The molecule has 1 aliphatic rings. The first-order valence-corrected chi connectivity index (χ1v) is 2.93. The van der Waals surface area contributed by atoms with Gasteiger partial charge in [0.25, 0.3) is 0 Å². The van der Waals surface area contributed by atoms with E-state index < -0.39 is 0 Å². The van der Waals surface area contributed by atoms with Gasteiger partial charge in [-0.05, 0) is 18.6 Å². The summed E-state index contributed by atoms with van der Waals surface area (Å²) in [5.74, 6) is 0. The first-order chi connectivity index (χ1) is 4.34. The number of hydrogen-bond donors (Lipinski definition) is 0. The maximum atomic E-state index is 5.59. The van der Waals surface area contributed by atoms with Gasteiger partial charge in [0.15, 0.2) is 0 Å². The Morgan fingerprint density at radius 1 is 1.67 bits per heavy atom. The molecule has 0 nitrogen and oxygen atoms in total. The number of rotatable bonds is 1. The van der Waals surface area contributed by atoms with Crippen molar-refractivity contribution < 1.29 is 0 Å². The zero-order valence-corrected chi connectivity index (χ0v) is 5.22. The van der Waals surface area contributed by atoms with Gasteiger partial charge >= 0.3 is 0 Å². The SMILES string of the molecule is [B]CC1=C([B])CC=C=C1. The third kappa shape index (κ3) is 1.40. The molecule has 0 atom stereocenters. The Hall–Kier alpha value is -0.610. The lowest BCUT2D eigenvalue weighted by atomic mass is 9.80. The first-order valence-electron chi connectivity index (χ1n) is 2.93. The van der Waals surface area contributed by atoms with Crippen molar-refractivity contribution in [2.24, 2.45) is 0 Å². The molecule has 0 heterocycles. The standard InChI is InChI=1S/C7H6B2/c8-5-6-3-1-2-4-7(6)9/h2-3H,4-5H2. The highest BCUT2D eigenvalue weighted by Crippen LogP contribution is 2.13. The summed E-state index contributed by atoms with van der Waals surface area (Å²) in [5.41, 5.74) is 4.83. The summed E-state index contributed by atoms with van der Waals surface area (Å²) in [6, 6.07) is 0. The molecule has 0 aromatic rings. The highest BCUT2D eigenvalue weighted by Gasteiger charge is 1.95. The van der Waals surface area contributed by atoms with Gasteiger partial charge in [-0.2, -0.15) is 0 Å². The van der Waals surface area contributed by atoms with Crippen LogP contribution in [0.3, 0.4) is 0 Å². The lowest BCUT2D eigenvalue weighted by Gasteiger charge is -2.05. The molecule has 0 spiro atoms. The molecule has 0 aliphatic heterocycles. The van der Waals surface area contributed by atoms with Crippen LogP contribution in [0, 0.1) is 0 Å². The van der Waals surface area contributed by atoms with Crippen molar-refractivity contribution in [1.29, 1.82) is 0 Å². The molecule has 2 heteroatoms. The Morgan fingerprint density at radius 2 is 2.44 bits per heavy atom. The number of allylic oxidation sites excluding steroid dienone is 3. The summed E-state index contributed by atoms with van der Waals surface area (Å²) < 4.78 is 0. The molecule has 40 valence electrons. The number of hydrogen-bond acceptors (Lipinski definition) is 0. The van der Waals surface area contributed by atoms with Gasteiger partial charge in [0, 0.05) is 0 Å². The fourth-order valence-corrected chi connectivity index (χ4v) is 0.742. The highest BCUT2D eigenvalue weighted by atomic mass is 14.0. The molecule has 0 N–H and O–H groups in total. The minimum atomic E-state index is 0.521. The average Bonchev–Trinajstić information content (AvgIpc) is 1.89. The second-order valence-corrected chi connectivity index (χ2v) is 1.97. The van der Waals surface area contributed by atoms with Gasteiger partial charge in [0.05, 0.1) is 7.85 Å². The van der Waals surface area contributed by atoms with Crippen molar-refractivity contribution >= 4 is 15.7 Å². The summed E-state index contributed by atoms with van der Waals surface area (Å²) in [6.45, 7) is 0. The van der Waals surface area contributed by atoms with Crippen molar-refractivity contribution in [3.8, 4) is 0 Å². The van der Waals surface area contributed by atoms with Crippen molar-refractivity contribution in [3.63, 3.8) is 0 Å². The van der Waals surface area contributed by atoms with Gasteiger partial charge in [0.1, 0.15) is 7.85 Å². The van der Waals surface area contributed by atoms with Crippen LogP contribution in [0.1, 0.15) is 6.42 Å². The van der Waals surface area contributed by atoms with E-state index in [1.807, 2.05) is 12.2 Å². The predicted octanol–water partition coefficient (Wildman–Crippen LogP) is 1.11. The topological polar surface area (TPSA) is 0 Å². The summed E-state index contributed by atoms with van der Waals surface area (Å²) in [5, 5.41) is 0. The monoisotopic (exact) mass is 112 g/mol. The molecule has 0 bridgehead atoms. The largest absolute Gasteiger partial charge is 0.125 e. The van der Waals surface area contributed by atoms with E-state index in [2.05, 4.69) is 5.73 Å². The molecule has 9 heavy (non-hydrogen) atoms. The summed E-state index contributed by atoms with van der Waals surface area (Å²) in [7, 11) is 11.0. The smallest absolute Gasteiger partial charge is 0.108 e. The normalized spacial score (nSPS) is 16.9. The molecular weight excluding hydrogens is 106 g/mol. The molecule has 0 saturated heterocycles. The molecule has 0 unspecified atom stereocenters. The first kappa shape index (κ1) is 6.51. The average molecular weight is 112 g/mol. The van der Waals surface area contributed by atoms with Crippen LogP contribution in [0.15, 0.2) is 28.9 Å².